The van der Waals surface area contributed by atoms with Crippen molar-refractivity contribution >= 4 is 11.8 Å². The molecule has 3 heterocycles. The zero-order valence-corrected chi connectivity index (χ0v) is 14.0. The van der Waals surface area contributed by atoms with E-state index in [4.69, 9.17) is 9.47 Å². The molecule has 0 aromatic carbocycles. The zero-order valence-electron chi connectivity index (χ0n) is 14.0. The number of carbonyl (C=O) groups is 2. The van der Waals surface area contributed by atoms with Gasteiger partial charge in [-0.25, -0.2) is 4.98 Å². The summed E-state index contributed by atoms with van der Waals surface area (Å²) >= 11 is 0. The molecule has 1 N–H and O–H groups in total. The number of carbonyl (C=O) groups excluding carboxylic acids is 2. The van der Waals surface area contributed by atoms with Crippen LogP contribution in [0.1, 0.15) is 31.4 Å². The molecule has 2 aliphatic rings. The van der Waals surface area contributed by atoms with E-state index in [-0.39, 0.29) is 29.9 Å². The van der Waals surface area contributed by atoms with E-state index in [1.54, 1.807) is 24.3 Å². The van der Waals surface area contributed by atoms with Crippen LogP contribution in [0.15, 0.2) is 18.3 Å². The largest absolute Gasteiger partial charge is 0.481 e. The maximum absolute atomic E-state index is 12.5. The van der Waals surface area contributed by atoms with E-state index in [1.807, 2.05) is 6.07 Å². The van der Waals surface area contributed by atoms with Crippen molar-refractivity contribution in [2.45, 2.75) is 31.9 Å². The first-order valence-electron chi connectivity index (χ1n) is 8.26. The van der Waals surface area contributed by atoms with E-state index >= 15 is 0 Å². The van der Waals surface area contributed by atoms with Crippen LogP contribution in [0.25, 0.3) is 0 Å². The molecule has 130 valence electrons. The van der Waals surface area contributed by atoms with Gasteiger partial charge < -0.3 is 19.7 Å². The third-order valence-corrected chi connectivity index (χ3v) is 4.72. The molecule has 7 nitrogen and oxygen atoms in total. The lowest BCUT2D eigenvalue weighted by molar-refractivity contribution is -0.128. The smallest absolute Gasteiger partial charge is 0.225 e. The number of hydrogen-bond donors (Lipinski definition) is 1. The van der Waals surface area contributed by atoms with E-state index in [2.05, 4.69) is 10.3 Å². The predicted octanol–water partition coefficient (Wildman–Crippen LogP) is 0.905. The maximum Gasteiger partial charge on any atom is 0.225 e. The maximum atomic E-state index is 12.5. The van der Waals surface area contributed by atoms with Gasteiger partial charge in [-0.3, -0.25) is 9.59 Å². The Morgan fingerprint density at radius 1 is 1.38 bits per heavy atom. The van der Waals surface area contributed by atoms with Crippen LogP contribution in [0, 0.1) is 5.92 Å². The first kappa shape index (κ1) is 16.7. The highest BCUT2D eigenvalue weighted by molar-refractivity contribution is 5.81. The van der Waals surface area contributed by atoms with Crippen molar-refractivity contribution in [3.8, 4) is 5.88 Å². The van der Waals surface area contributed by atoms with Crippen molar-refractivity contribution in [3.05, 3.63) is 23.9 Å². The van der Waals surface area contributed by atoms with Gasteiger partial charge in [0, 0.05) is 44.4 Å². The number of pyridine rings is 1. The summed E-state index contributed by atoms with van der Waals surface area (Å²) in [7, 11) is 1.57. The number of ether oxygens (including phenoxy) is 2. The second kappa shape index (κ2) is 7.17. The number of methoxy groups -OCH3 is 1. The molecule has 3 atom stereocenters. The van der Waals surface area contributed by atoms with E-state index in [0.29, 0.717) is 32.0 Å². The summed E-state index contributed by atoms with van der Waals surface area (Å²) in [4.78, 5) is 29.8. The fourth-order valence-electron chi connectivity index (χ4n) is 3.31. The SMILES string of the molecule is COc1ccc([C@H]2OCC[C@@H]2NC(=O)[C@H]2CCN(C(C)=O)C2)cn1. The van der Waals surface area contributed by atoms with E-state index in [9.17, 15) is 9.59 Å². The molecule has 0 saturated carbocycles. The average molecular weight is 333 g/mol. The van der Waals surface area contributed by atoms with Crippen molar-refractivity contribution in [2.24, 2.45) is 5.92 Å². The molecule has 0 bridgehead atoms. The van der Waals surface area contributed by atoms with Crippen LogP contribution in [0.5, 0.6) is 5.88 Å². The number of hydrogen-bond acceptors (Lipinski definition) is 5. The first-order chi connectivity index (χ1) is 11.6. The first-order valence-corrected chi connectivity index (χ1v) is 8.26. The molecule has 2 fully saturated rings. The average Bonchev–Trinajstić information content (AvgIpc) is 3.24. The monoisotopic (exact) mass is 333 g/mol. The predicted molar refractivity (Wildman–Crippen MR) is 86.4 cm³/mol. The zero-order chi connectivity index (χ0) is 17.1. The van der Waals surface area contributed by atoms with Gasteiger partial charge in [0.2, 0.25) is 17.7 Å². The lowest BCUT2D eigenvalue weighted by Crippen LogP contribution is -2.41. The molecular formula is C17H23N3O4. The van der Waals surface area contributed by atoms with Crippen LogP contribution in [-0.4, -0.2) is 54.5 Å². The van der Waals surface area contributed by atoms with Crippen molar-refractivity contribution in [1.82, 2.24) is 15.2 Å². The third kappa shape index (κ3) is 3.51. The highest BCUT2D eigenvalue weighted by Crippen LogP contribution is 2.30. The van der Waals surface area contributed by atoms with Crippen molar-refractivity contribution in [1.29, 1.82) is 0 Å². The Kier molecular flexibility index (Phi) is 4.99. The minimum Gasteiger partial charge on any atom is -0.481 e. The molecule has 2 saturated heterocycles. The Morgan fingerprint density at radius 3 is 2.83 bits per heavy atom. The highest BCUT2D eigenvalue weighted by Gasteiger charge is 2.35. The van der Waals surface area contributed by atoms with Gasteiger partial charge in [0.1, 0.15) is 6.10 Å². The Balaban J connectivity index is 1.61. The Labute approximate surface area is 141 Å². The Bertz CT molecular complexity index is 604. The molecule has 2 aliphatic heterocycles. The van der Waals surface area contributed by atoms with Crippen LogP contribution in [0.3, 0.4) is 0 Å². The molecule has 2 amide bonds. The summed E-state index contributed by atoms with van der Waals surface area (Å²) in [5, 5.41) is 3.10. The Hall–Kier alpha value is -2.15. The topological polar surface area (TPSA) is 80.8 Å². The lowest BCUT2D eigenvalue weighted by atomic mass is 10.0. The molecule has 0 unspecified atom stereocenters. The van der Waals surface area contributed by atoms with Crippen LogP contribution < -0.4 is 10.1 Å². The third-order valence-electron chi connectivity index (χ3n) is 4.72. The van der Waals surface area contributed by atoms with E-state index in [0.717, 1.165) is 12.0 Å². The fourth-order valence-corrected chi connectivity index (χ4v) is 3.31. The fraction of sp³-hybridized carbons (Fsp3) is 0.588. The summed E-state index contributed by atoms with van der Waals surface area (Å²) in [6, 6.07) is 3.63. The van der Waals surface area contributed by atoms with Gasteiger partial charge in [-0.15, -0.1) is 0 Å². The number of nitrogens with one attached hydrogen (secondary N) is 1. The van der Waals surface area contributed by atoms with Gasteiger partial charge in [0.05, 0.1) is 19.1 Å². The number of aromatic nitrogens is 1. The molecular weight excluding hydrogens is 310 g/mol. The van der Waals surface area contributed by atoms with Crippen LogP contribution >= 0.6 is 0 Å². The van der Waals surface area contributed by atoms with Crippen molar-refractivity contribution < 1.29 is 19.1 Å². The van der Waals surface area contributed by atoms with Crippen LogP contribution in [0.4, 0.5) is 0 Å². The van der Waals surface area contributed by atoms with Crippen LogP contribution in [0.2, 0.25) is 0 Å². The molecule has 1 aromatic rings. The lowest BCUT2D eigenvalue weighted by Gasteiger charge is -2.22. The molecule has 0 radical (unpaired) electrons. The number of nitrogens with zero attached hydrogens (tertiary/aromatic N) is 2. The van der Waals surface area contributed by atoms with Gasteiger partial charge in [-0.1, -0.05) is 0 Å². The second-order valence-corrected chi connectivity index (χ2v) is 6.28. The molecule has 0 aliphatic carbocycles. The minimum absolute atomic E-state index is 0.000667. The summed E-state index contributed by atoms with van der Waals surface area (Å²) in [5.41, 5.74) is 0.926. The number of rotatable bonds is 4. The van der Waals surface area contributed by atoms with Crippen molar-refractivity contribution in [3.63, 3.8) is 0 Å². The summed E-state index contributed by atoms with van der Waals surface area (Å²) < 4.78 is 10.9. The Morgan fingerprint density at radius 2 is 2.21 bits per heavy atom. The molecule has 24 heavy (non-hydrogen) atoms. The van der Waals surface area contributed by atoms with Crippen LogP contribution in [-0.2, 0) is 14.3 Å². The summed E-state index contributed by atoms with van der Waals surface area (Å²) in [5.74, 6) is 0.439. The van der Waals surface area contributed by atoms with Gasteiger partial charge in [-0.05, 0) is 18.9 Å². The highest BCUT2D eigenvalue weighted by atomic mass is 16.5. The standard InChI is InChI=1S/C17H23N3O4/c1-11(21)20-7-5-13(10-20)17(22)19-14-6-8-24-16(14)12-3-4-15(23-2)18-9-12/h3-4,9,13-14,16H,5-8,10H2,1-2H3,(H,19,22)/t13-,14-,16+/m0/s1. The molecule has 3 rings (SSSR count). The number of likely N-dealkylation sites (tertiary alicyclic amines) is 1. The summed E-state index contributed by atoms with van der Waals surface area (Å²) in [6.45, 7) is 3.30. The van der Waals surface area contributed by atoms with Gasteiger partial charge in [0.25, 0.3) is 0 Å². The van der Waals surface area contributed by atoms with Gasteiger partial charge >= 0.3 is 0 Å². The van der Waals surface area contributed by atoms with E-state index < -0.39 is 0 Å². The summed E-state index contributed by atoms with van der Waals surface area (Å²) in [6.07, 6.45) is 3.01. The molecule has 0 spiro atoms. The molecule has 1 aromatic heterocycles. The second-order valence-electron chi connectivity index (χ2n) is 6.28. The quantitative estimate of drug-likeness (QED) is 0.886. The van der Waals surface area contributed by atoms with E-state index in [1.165, 1.54) is 6.92 Å². The normalized spacial score (nSPS) is 26.4. The van der Waals surface area contributed by atoms with Gasteiger partial charge in [0.15, 0.2) is 0 Å². The van der Waals surface area contributed by atoms with Gasteiger partial charge in [-0.2, -0.15) is 0 Å². The van der Waals surface area contributed by atoms with Crippen molar-refractivity contribution in [2.75, 3.05) is 26.8 Å². The minimum atomic E-state index is -0.197. The number of amides is 2. The molecule has 7 heteroatoms.